The fourth-order valence-corrected chi connectivity index (χ4v) is 3.14. The van der Waals surface area contributed by atoms with Crippen molar-refractivity contribution in [3.8, 4) is 11.4 Å². The number of hydrogen-bond donors (Lipinski definition) is 2. The van der Waals surface area contributed by atoms with Gasteiger partial charge in [-0.15, -0.1) is 5.10 Å². The van der Waals surface area contributed by atoms with E-state index in [1.807, 2.05) is 12.1 Å². The van der Waals surface area contributed by atoms with Crippen LogP contribution in [0.2, 0.25) is 0 Å². The lowest BCUT2D eigenvalue weighted by Crippen LogP contribution is -2.39. The molecule has 9 nitrogen and oxygen atoms in total. The van der Waals surface area contributed by atoms with E-state index in [4.69, 9.17) is 0 Å². The van der Waals surface area contributed by atoms with Crippen molar-refractivity contribution in [3.05, 3.63) is 70.9 Å². The van der Waals surface area contributed by atoms with E-state index in [0.717, 1.165) is 18.4 Å². The summed E-state index contributed by atoms with van der Waals surface area (Å²) >= 11 is 0. The van der Waals surface area contributed by atoms with Crippen molar-refractivity contribution in [1.82, 2.24) is 30.0 Å². The van der Waals surface area contributed by atoms with Crippen LogP contribution in [0, 0.1) is 0 Å². The largest absolute Gasteiger partial charge is 0.353 e. The molecule has 9 heteroatoms. The minimum Gasteiger partial charge on any atom is -0.353 e. The first-order valence-electron chi connectivity index (χ1n) is 9.83. The smallest absolute Gasteiger partial charge is 0.346 e. The van der Waals surface area contributed by atoms with E-state index in [9.17, 15) is 14.4 Å². The molecule has 30 heavy (non-hydrogen) atoms. The van der Waals surface area contributed by atoms with E-state index in [1.165, 1.54) is 4.68 Å². The van der Waals surface area contributed by atoms with Crippen LogP contribution in [0.3, 0.4) is 0 Å². The molecular weight excluding hydrogens is 384 g/mol. The average Bonchev–Trinajstić information content (AvgIpc) is 3.57. The Hall–Kier alpha value is -3.75. The Morgan fingerprint density at radius 3 is 2.57 bits per heavy atom. The second-order valence-electron chi connectivity index (χ2n) is 7.07. The number of nitrogens with zero attached hydrogens (tertiary/aromatic N) is 4. The van der Waals surface area contributed by atoms with E-state index in [0.29, 0.717) is 11.4 Å². The highest BCUT2D eigenvalue weighted by Gasteiger charge is 2.30. The molecule has 1 aromatic carbocycles. The van der Waals surface area contributed by atoms with Crippen molar-refractivity contribution in [1.29, 1.82) is 0 Å². The third kappa shape index (κ3) is 4.45. The maximum Gasteiger partial charge on any atom is 0.346 e. The van der Waals surface area contributed by atoms with E-state index < -0.39 is 0 Å². The normalized spacial score (nSPS) is 13.1. The Kier molecular flexibility index (Phi) is 5.69. The first-order chi connectivity index (χ1) is 14.6. The van der Waals surface area contributed by atoms with Gasteiger partial charge in [-0.05, 0) is 37.1 Å². The Morgan fingerprint density at radius 1 is 1.07 bits per heavy atom. The van der Waals surface area contributed by atoms with Crippen molar-refractivity contribution < 1.29 is 9.59 Å². The third-order valence-corrected chi connectivity index (χ3v) is 4.79. The minimum absolute atomic E-state index is 0.139. The highest BCUT2D eigenvalue weighted by molar-refractivity contribution is 5.96. The first kappa shape index (κ1) is 19.6. The summed E-state index contributed by atoms with van der Waals surface area (Å²) in [6.07, 6.45) is 5.27. The number of carbonyl (C=O) groups is 2. The summed E-state index contributed by atoms with van der Waals surface area (Å²) in [6.45, 7) is 0.332. The number of carbonyl (C=O) groups excluding carboxylic acids is 2. The van der Waals surface area contributed by atoms with E-state index in [-0.39, 0.29) is 43.2 Å². The Bertz CT molecular complexity index is 1090. The molecule has 3 aromatic rings. The minimum atomic E-state index is -0.332. The molecular formula is C21H22N6O3. The second-order valence-corrected chi connectivity index (χ2v) is 7.07. The molecule has 4 rings (SSSR count). The van der Waals surface area contributed by atoms with Crippen LogP contribution < -0.4 is 16.3 Å². The predicted molar refractivity (Wildman–Crippen MR) is 110 cm³/mol. The van der Waals surface area contributed by atoms with Crippen molar-refractivity contribution in [3.63, 3.8) is 0 Å². The number of hydrogen-bond acceptors (Lipinski definition) is 5. The molecule has 0 aliphatic heterocycles. The van der Waals surface area contributed by atoms with Gasteiger partial charge in [0.05, 0.1) is 13.1 Å². The fraction of sp³-hybridized carbons (Fsp3) is 0.286. The molecule has 1 fully saturated rings. The first-order valence-corrected chi connectivity index (χ1v) is 9.83. The summed E-state index contributed by atoms with van der Waals surface area (Å²) in [7, 11) is 0. The van der Waals surface area contributed by atoms with E-state index in [1.54, 1.807) is 47.3 Å². The van der Waals surface area contributed by atoms with Gasteiger partial charge in [0.2, 0.25) is 5.91 Å². The Labute approximate surface area is 172 Å². The lowest BCUT2D eigenvalue weighted by atomic mass is 10.2. The highest BCUT2D eigenvalue weighted by Crippen LogP contribution is 2.36. The van der Waals surface area contributed by atoms with Crippen molar-refractivity contribution in [2.24, 2.45) is 0 Å². The quantitative estimate of drug-likeness (QED) is 0.580. The third-order valence-electron chi connectivity index (χ3n) is 4.79. The zero-order valence-electron chi connectivity index (χ0n) is 16.3. The molecule has 0 spiro atoms. The fourth-order valence-electron chi connectivity index (χ4n) is 3.14. The van der Waals surface area contributed by atoms with Crippen LogP contribution in [0.15, 0.2) is 59.7 Å². The molecule has 2 aromatic heterocycles. The van der Waals surface area contributed by atoms with Crippen LogP contribution in [0.1, 0.15) is 29.2 Å². The van der Waals surface area contributed by atoms with Crippen molar-refractivity contribution >= 4 is 11.8 Å². The summed E-state index contributed by atoms with van der Waals surface area (Å²) in [5, 5.41) is 9.73. The van der Waals surface area contributed by atoms with Gasteiger partial charge >= 0.3 is 5.69 Å². The molecule has 1 aliphatic carbocycles. The van der Waals surface area contributed by atoms with Gasteiger partial charge in [0.25, 0.3) is 5.91 Å². The summed E-state index contributed by atoms with van der Waals surface area (Å²) in [6, 6.07) is 12.5. The number of rotatable bonds is 8. The van der Waals surface area contributed by atoms with Crippen LogP contribution in [0.4, 0.5) is 0 Å². The van der Waals surface area contributed by atoms with Crippen LogP contribution in [-0.2, 0) is 11.3 Å². The van der Waals surface area contributed by atoms with Gasteiger partial charge < -0.3 is 10.6 Å². The standard InChI is InChI=1S/C21H22N6O3/c28-18(14-24-20(29)15-5-2-1-3-6-15)23-11-12-26-21(30)27(17-8-9-17)19(25-26)16-7-4-10-22-13-16/h1-7,10,13,17H,8-9,11-12,14H2,(H,23,28)(H,24,29). The SMILES string of the molecule is O=C(CNC(=O)c1ccccc1)NCCn1nc(-c2cccnc2)n(C2CC2)c1=O. The number of aromatic nitrogens is 4. The van der Waals surface area contributed by atoms with Crippen LogP contribution >= 0.6 is 0 Å². The molecule has 1 saturated carbocycles. The number of nitrogens with one attached hydrogen (secondary N) is 2. The summed E-state index contributed by atoms with van der Waals surface area (Å²) < 4.78 is 3.07. The number of pyridine rings is 1. The maximum absolute atomic E-state index is 12.8. The molecule has 0 saturated heterocycles. The van der Waals surface area contributed by atoms with Gasteiger partial charge in [0.15, 0.2) is 5.82 Å². The molecule has 1 aliphatic rings. The lowest BCUT2D eigenvalue weighted by molar-refractivity contribution is -0.120. The highest BCUT2D eigenvalue weighted by atomic mass is 16.2. The molecule has 2 N–H and O–H groups in total. The van der Waals surface area contributed by atoms with Gasteiger partial charge in [-0.2, -0.15) is 0 Å². The molecule has 0 unspecified atom stereocenters. The van der Waals surface area contributed by atoms with Gasteiger partial charge in [0.1, 0.15) is 0 Å². The van der Waals surface area contributed by atoms with Crippen LogP contribution in [0.25, 0.3) is 11.4 Å². The van der Waals surface area contributed by atoms with E-state index >= 15 is 0 Å². The average molecular weight is 406 g/mol. The number of amides is 2. The maximum atomic E-state index is 12.8. The molecule has 0 atom stereocenters. The summed E-state index contributed by atoms with van der Waals surface area (Å²) in [4.78, 5) is 40.9. The Balaban J connectivity index is 1.33. The lowest BCUT2D eigenvalue weighted by Gasteiger charge is -2.06. The van der Waals surface area contributed by atoms with E-state index in [2.05, 4.69) is 20.7 Å². The van der Waals surface area contributed by atoms with Gasteiger partial charge in [-0.3, -0.25) is 19.1 Å². The molecule has 2 amide bonds. The molecule has 2 heterocycles. The van der Waals surface area contributed by atoms with Crippen LogP contribution in [-0.4, -0.2) is 44.2 Å². The topological polar surface area (TPSA) is 111 Å². The Morgan fingerprint density at radius 2 is 1.87 bits per heavy atom. The zero-order valence-corrected chi connectivity index (χ0v) is 16.3. The molecule has 154 valence electrons. The van der Waals surface area contributed by atoms with Gasteiger partial charge in [0, 0.05) is 36.1 Å². The van der Waals surface area contributed by atoms with Gasteiger partial charge in [-0.25, -0.2) is 9.48 Å². The summed E-state index contributed by atoms with van der Waals surface area (Å²) in [5.74, 6) is -0.0512. The van der Waals surface area contributed by atoms with Crippen molar-refractivity contribution in [2.45, 2.75) is 25.4 Å². The second kappa shape index (κ2) is 8.73. The monoisotopic (exact) mass is 406 g/mol. The molecule has 0 radical (unpaired) electrons. The van der Waals surface area contributed by atoms with Crippen LogP contribution in [0.5, 0.6) is 0 Å². The zero-order chi connectivity index (χ0) is 20.9. The predicted octanol–water partition coefficient (Wildman–Crippen LogP) is 0.988. The molecule has 0 bridgehead atoms. The van der Waals surface area contributed by atoms with Gasteiger partial charge in [-0.1, -0.05) is 18.2 Å². The number of benzene rings is 1. The summed E-state index contributed by atoms with van der Waals surface area (Å²) in [5.41, 5.74) is 1.08. The van der Waals surface area contributed by atoms with Crippen molar-refractivity contribution in [2.75, 3.05) is 13.1 Å².